The van der Waals surface area contributed by atoms with E-state index < -0.39 is 0 Å². The Morgan fingerprint density at radius 1 is 1.10 bits per heavy atom. The molecule has 0 aromatic heterocycles. The number of halogens is 1. The molecule has 112 valence electrons. The summed E-state index contributed by atoms with van der Waals surface area (Å²) in [6.45, 7) is 4.75. The summed E-state index contributed by atoms with van der Waals surface area (Å²) in [7, 11) is 0. The molecule has 0 aliphatic carbocycles. The van der Waals surface area contributed by atoms with E-state index in [0.717, 1.165) is 24.0 Å². The SMILES string of the molecule is CCC(c1cccc(Br)c1)N(CCN)Cc1ccccc1. The van der Waals surface area contributed by atoms with E-state index in [4.69, 9.17) is 5.73 Å². The number of benzene rings is 2. The first-order valence-electron chi connectivity index (χ1n) is 7.48. The Morgan fingerprint density at radius 2 is 1.86 bits per heavy atom. The normalized spacial score (nSPS) is 12.6. The second kappa shape index (κ2) is 8.32. The topological polar surface area (TPSA) is 29.3 Å². The van der Waals surface area contributed by atoms with E-state index in [9.17, 15) is 0 Å². The summed E-state index contributed by atoms with van der Waals surface area (Å²) in [6, 6.07) is 19.6. The van der Waals surface area contributed by atoms with Crippen LogP contribution in [0.15, 0.2) is 59.1 Å². The zero-order valence-electron chi connectivity index (χ0n) is 12.5. The first-order valence-corrected chi connectivity index (χ1v) is 8.27. The molecule has 21 heavy (non-hydrogen) atoms. The fourth-order valence-electron chi connectivity index (χ4n) is 2.75. The Bertz CT molecular complexity index is 542. The van der Waals surface area contributed by atoms with Crippen LogP contribution in [0.4, 0.5) is 0 Å². The maximum atomic E-state index is 5.83. The van der Waals surface area contributed by atoms with Crippen LogP contribution in [0.3, 0.4) is 0 Å². The average molecular weight is 347 g/mol. The summed E-state index contributed by atoms with van der Waals surface area (Å²) in [5, 5.41) is 0. The van der Waals surface area contributed by atoms with E-state index in [2.05, 4.69) is 82.4 Å². The lowest BCUT2D eigenvalue weighted by Crippen LogP contribution is -2.32. The number of hydrogen-bond acceptors (Lipinski definition) is 2. The van der Waals surface area contributed by atoms with Crippen LogP contribution < -0.4 is 5.73 Å². The predicted molar refractivity (Wildman–Crippen MR) is 93.1 cm³/mol. The minimum atomic E-state index is 0.395. The molecule has 2 aromatic rings. The smallest absolute Gasteiger partial charge is 0.0349 e. The summed E-state index contributed by atoms with van der Waals surface area (Å²) in [6.07, 6.45) is 1.07. The van der Waals surface area contributed by atoms with Crippen LogP contribution in [-0.2, 0) is 6.54 Å². The second-order valence-corrected chi connectivity index (χ2v) is 6.14. The molecule has 3 heteroatoms. The first kappa shape index (κ1) is 16.2. The molecule has 2 nitrogen and oxygen atoms in total. The lowest BCUT2D eigenvalue weighted by molar-refractivity contribution is 0.188. The first-order chi connectivity index (χ1) is 10.2. The van der Waals surface area contributed by atoms with Crippen molar-refractivity contribution in [3.05, 3.63) is 70.2 Å². The van der Waals surface area contributed by atoms with E-state index in [1.807, 2.05) is 0 Å². The third-order valence-electron chi connectivity index (χ3n) is 3.71. The highest BCUT2D eigenvalue weighted by Gasteiger charge is 2.18. The lowest BCUT2D eigenvalue weighted by Gasteiger charge is -2.31. The van der Waals surface area contributed by atoms with Crippen molar-refractivity contribution >= 4 is 15.9 Å². The molecule has 2 aromatic carbocycles. The fourth-order valence-corrected chi connectivity index (χ4v) is 3.16. The van der Waals surface area contributed by atoms with Crippen LogP contribution in [0.5, 0.6) is 0 Å². The van der Waals surface area contributed by atoms with E-state index in [-0.39, 0.29) is 0 Å². The van der Waals surface area contributed by atoms with E-state index in [1.165, 1.54) is 11.1 Å². The quantitative estimate of drug-likeness (QED) is 0.806. The third-order valence-corrected chi connectivity index (χ3v) is 4.20. The van der Waals surface area contributed by atoms with Crippen molar-refractivity contribution in [2.24, 2.45) is 5.73 Å². The molecule has 0 bridgehead atoms. The standard InChI is InChI=1S/C18H23BrN2/c1-2-18(16-9-6-10-17(19)13-16)21(12-11-20)14-15-7-4-3-5-8-15/h3-10,13,18H,2,11-12,14,20H2,1H3. The van der Waals surface area contributed by atoms with Crippen LogP contribution >= 0.6 is 15.9 Å². The molecule has 0 radical (unpaired) electrons. The molecule has 0 saturated carbocycles. The third kappa shape index (κ3) is 4.67. The number of nitrogens with zero attached hydrogens (tertiary/aromatic N) is 1. The molecular formula is C18H23BrN2. The molecule has 0 aliphatic rings. The van der Waals surface area contributed by atoms with Crippen molar-refractivity contribution in [3.8, 4) is 0 Å². The Labute approximate surface area is 136 Å². The number of rotatable bonds is 7. The zero-order valence-corrected chi connectivity index (χ0v) is 14.1. The van der Waals surface area contributed by atoms with Gasteiger partial charge in [-0.25, -0.2) is 0 Å². The van der Waals surface area contributed by atoms with Crippen LogP contribution in [-0.4, -0.2) is 18.0 Å². The van der Waals surface area contributed by atoms with Gasteiger partial charge in [0.15, 0.2) is 0 Å². The van der Waals surface area contributed by atoms with E-state index >= 15 is 0 Å². The van der Waals surface area contributed by atoms with Crippen LogP contribution in [0.25, 0.3) is 0 Å². The van der Waals surface area contributed by atoms with Gasteiger partial charge < -0.3 is 5.73 Å². The summed E-state index contributed by atoms with van der Waals surface area (Å²) in [5.41, 5.74) is 8.51. The predicted octanol–water partition coefficient (Wildman–Crippen LogP) is 4.36. The highest BCUT2D eigenvalue weighted by molar-refractivity contribution is 9.10. The maximum Gasteiger partial charge on any atom is 0.0349 e. The molecule has 0 heterocycles. The van der Waals surface area contributed by atoms with Crippen molar-refractivity contribution in [2.45, 2.75) is 25.9 Å². The Balaban J connectivity index is 2.22. The van der Waals surface area contributed by atoms with Crippen molar-refractivity contribution < 1.29 is 0 Å². The fraction of sp³-hybridized carbons (Fsp3) is 0.333. The second-order valence-electron chi connectivity index (χ2n) is 5.22. The summed E-state index contributed by atoms with van der Waals surface area (Å²) in [4.78, 5) is 2.47. The largest absolute Gasteiger partial charge is 0.329 e. The van der Waals surface area contributed by atoms with Gasteiger partial charge in [-0.3, -0.25) is 4.90 Å². The minimum absolute atomic E-state index is 0.395. The molecular weight excluding hydrogens is 324 g/mol. The van der Waals surface area contributed by atoms with E-state index in [1.54, 1.807) is 0 Å². The average Bonchev–Trinajstić information content (AvgIpc) is 2.49. The van der Waals surface area contributed by atoms with Crippen LogP contribution in [0, 0.1) is 0 Å². The van der Waals surface area contributed by atoms with Gasteiger partial charge in [-0.2, -0.15) is 0 Å². The minimum Gasteiger partial charge on any atom is -0.329 e. The van der Waals surface area contributed by atoms with Crippen molar-refractivity contribution in [2.75, 3.05) is 13.1 Å². The van der Waals surface area contributed by atoms with Crippen molar-refractivity contribution in [1.82, 2.24) is 4.90 Å². The molecule has 2 N–H and O–H groups in total. The Hall–Kier alpha value is -1.16. The highest BCUT2D eigenvalue weighted by atomic mass is 79.9. The molecule has 0 saturated heterocycles. The molecule has 0 amide bonds. The molecule has 1 atom stereocenters. The van der Waals surface area contributed by atoms with Gasteiger partial charge in [0.05, 0.1) is 0 Å². The van der Waals surface area contributed by atoms with Gasteiger partial charge >= 0.3 is 0 Å². The summed E-state index contributed by atoms with van der Waals surface area (Å²) in [5.74, 6) is 0. The molecule has 0 aliphatic heterocycles. The van der Waals surface area contributed by atoms with Crippen LogP contribution in [0.1, 0.15) is 30.5 Å². The van der Waals surface area contributed by atoms with Gasteiger partial charge in [-0.05, 0) is 29.7 Å². The van der Waals surface area contributed by atoms with Crippen LogP contribution in [0.2, 0.25) is 0 Å². The number of hydrogen-bond donors (Lipinski definition) is 1. The summed E-state index contributed by atoms with van der Waals surface area (Å²) < 4.78 is 1.13. The number of nitrogens with two attached hydrogens (primary N) is 1. The molecule has 1 unspecified atom stereocenters. The van der Waals surface area contributed by atoms with E-state index in [0.29, 0.717) is 12.6 Å². The monoisotopic (exact) mass is 346 g/mol. The Morgan fingerprint density at radius 3 is 2.48 bits per heavy atom. The lowest BCUT2D eigenvalue weighted by atomic mass is 10.0. The highest BCUT2D eigenvalue weighted by Crippen LogP contribution is 2.27. The molecule has 0 fully saturated rings. The molecule has 2 rings (SSSR count). The molecule has 0 spiro atoms. The van der Waals surface area contributed by atoms with Crippen molar-refractivity contribution in [1.29, 1.82) is 0 Å². The maximum absolute atomic E-state index is 5.83. The van der Waals surface area contributed by atoms with Gasteiger partial charge in [0.25, 0.3) is 0 Å². The van der Waals surface area contributed by atoms with Crippen molar-refractivity contribution in [3.63, 3.8) is 0 Å². The Kier molecular flexibility index (Phi) is 6.43. The van der Waals surface area contributed by atoms with Gasteiger partial charge in [-0.15, -0.1) is 0 Å². The summed E-state index contributed by atoms with van der Waals surface area (Å²) >= 11 is 3.57. The van der Waals surface area contributed by atoms with Gasteiger partial charge in [0.2, 0.25) is 0 Å². The van der Waals surface area contributed by atoms with Gasteiger partial charge in [0, 0.05) is 30.1 Å². The van der Waals surface area contributed by atoms with Gasteiger partial charge in [0.1, 0.15) is 0 Å². The zero-order chi connectivity index (χ0) is 15.1. The van der Waals surface area contributed by atoms with Gasteiger partial charge in [-0.1, -0.05) is 65.3 Å².